The molecule has 0 atom stereocenters. The van der Waals surface area contributed by atoms with Gasteiger partial charge in [0.1, 0.15) is 11.4 Å². The van der Waals surface area contributed by atoms with Gasteiger partial charge >= 0.3 is 5.69 Å². The van der Waals surface area contributed by atoms with E-state index in [1.165, 1.54) is 0 Å². The van der Waals surface area contributed by atoms with E-state index in [9.17, 15) is 10.1 Å². The number of nitro groups is 1. The Balaban J connectivity index is 2.14. The molecule has 3 aromatic rings. The molecule has 2 aromatic carbocycles. The number of hydrogen-bond acceptors (Lipinski definition) is 8. The number of nitrogens with one attached hydrogen (secondary N) is 1. The summed E-state index contributed by atoms with van der Waals surface area (Å²) < 4.78 is 9.81. The van der Waals surface area contributed by atoms with Crippen molar-refractivity contribution in [2.24, 2.45) is 0 Å². The van der Waals surface area contributed by atoms with Gasteiger partial charge < -0.3 is 15.0 Å². The van der Waals surface area contributed by atoms with Crippen LogP contribution in [-0.2, 0) is 0 Å². The molecular weight excluding hydrogens is 314 g/mol. The van der Waals surface area contributed by atoms with E-state index in [4.69, 9.17) is 9.37 Å². The van der Waals surface area contributed by atoms with E-state index in [1.54, 1.807) is 42.3 Å². The summed E-state index contributed by atoms with van der Waals surface area (Å²) in [6, 6.07) is 8.70. The lowest BCUT2D eigenvalue weighted by atomic mass is 10.1. The maximum Gasteiger partial charge on any atom is 0.324 e. The van der Waals surface area contributed by atoms with Crippen molar-refractivity contribution in [1.29, 1.82) is 0 Å². The van der Waals surface area contributed by atoms with Crippen molar-refractivity contribution < 1.29 is 14.3 Å². The number of anilines is 3. The van der Waals surface area contributed by atoms with E-state index in [1.807, 2.05) is 14.1 Å². The van der Waals surface area contributed by atoms with Gasteiger partial charge in [0, 0.05) is 19.8 Å². The second kappa shape index (κ2) is 6.03. The van der Waals surface area contributed by atoms with Crippen LogP contribution in [0.2, 0.25) is 0 Å². The molecule has 0 amide bonds. The number of benzene rings is 2. The van der Waals surface area contributed by atoms with Crippen LogP contribution in [-0.4, -0.2) is 36.4 Å². The quantitative estimate of drug-likeness (QED) is 0.562. The largest absolute Gasteiger partial charge is 0.497 e. The van der Waals surface area contributed by atoms with Gasteiger partial charge in [0.15, 0.2) is 5.52 Å². The Bertz CT molecular complexity index is 889. The molecule has 1 N–H and O–H groups in total. The molecule has 0 aliphatic carbocycles. The summed E-state index contributed by atoms with van der Waals surface area (Å²) in [7, 11) is 5.20. The first-order chi connectivity index (χ1) is 11.5. The first-order valence-electron chi connectivity index (χ1n) is 7.03. The summed E-state index contributed by atoms with van der Waals surface area (Å²) in [6.45, 7) is 0. The standard InChI is InChI=1S/C15H15N5O4/c1-19(2)12-8-11(16-9-4-6-10(23-3)7-5-9)15(20(21)22)14-13(12)17-24-18-14/h4-8,16H,1-3H3. The number of ether oxygens (including phenoxy) is 1. The van der Waals surface area contributed by atoms with Gasteiger partial charge in [0.05, 0.1) is 17.7 Å². The van der Waals surface area contributed by atoms with Gasteiger partial charge in [-0.05, 0) is 40.6 Å². The van der Waals surface area contributed by atoms with Crippen LogP contribution in [0.1, 0.15) is 0 Å². The van der Waals surface area contributed by atoms with Crippen LogP contribution >= 0.6 is 0 Å². The third-order valence-corrected chi connectivity index (χ3v) is 3.53. The fraction of sp³-hybridized carbons (Fsp3) is 0.200. The van der Waals surface area contributed by atoms with Crippen LogP contribution in [0.25, 0.3) is 11.0 Å². The molecule has 0 unspecified atom stereocenters. The molecule has 0 fully saturated rings. The first-order valence-corrected chi connectivity index (χ1v) is 7.03. The molecule has 9 nitrogen and oxygen atoms in total. The van der Waals surface area contributed by atoms with E-state index in [0.717, 1.165) is 0 Å². The molecule has 1 aromatic heterocycles. The van der Waals surface area contributed by atoms with Crippen molar-refractivity contribution >= 4 is 33.8 Å². The molecule has 0 spiro atoms. The van der Waals surface area contributed by atoms with E-state index in [0.29, 0.717) is 28.3 Å². The van der Waals surface area contributed by atoms with Crippen LogP contribution < -0.4 is 15.0 Å². The molecule has 9 heteroatoms. The van der Waals surface area contributed by atoms with E-state index >= 15 is 0 Å². The zero-order chi connectivity index (χ0) is 17.3. The highest BCUT2D eigenvalue weighted by Gasteiger charge is 2.26. The van der Waals surface area contributed by atoms with Crippen LogP contribution in [0.3, 0.4) is 0 Å². The molecule has 0 aliphatic rings. The minimum absolute atomic E-state index is 0.0993. The summed E-state index contributed by atoms with van der Waals surface area (Å²) in [5, 5.41) is 22.1. The zero-order valence-corrected chi connectivity index (χ0v) is 13.3. The Kier molecular flexibility index (Phi) is 3.90. The van der Waals surface area contributed by atoms with Gasteiger partial charge in [-0.15, -0.1) is 0 Å². The summed E-state index contributed by atoms with van der Waals surface area (Å²) in [5.41, 5.74) is 1.89. The van der Waals surface area contributed by atoms with Gasteiger partial charge in [0.2, 0.25) is 5.52 Å². The number of rotatable bonds is 5. The molecule has 0 saturated heterocycles. The van der Waals surface area contributed by atoms with E-state index < -0.39 is 4.92 Å². The van der Waals surface area contributed by atoms with Crippen molar-refractivity contribution in [3.8, 4) is 5.75 Å². The maximum absolute atomic E-state index is 11.5. The summed E-state index contributed by atoms with van der Waals surface area (Å²) >= 11 is 0. The Morgan fingerprint density at radius 1 is 1.21 bits per heavy atom. The minimum atomic E-state index is -0.502. The third kappa shape index (κ3) is 2.67. The first kappa shape index (κ1) is 15.5. The summed E-state index contributed by atoms with van der Waals surface area (Å²) in [6.07, 6.45) is 0. The molecule has 0 saturated carbocycles. The Labute approximate surface area is 136 Å². The number of fused-ring (bicyclic) bond motifs is 1. The van der Waals surface area contributed by atoms with Crippen molar-refractivity contribution in [3.05, 3.63) is 40.4 Å². The lowest BCUT2D eigenvalue weighted by Gasteiger charge is -2.15. The topological polar surface area (TPSA) is 107 Å². The molecule has 3 rings (SSSR count). The molecule has 1 heterocycles. The van der Waals surface area contributed by atoms with E-state index in [-0.39, 0.29) is 11.2 Å². The minimum Gasteiger partial charge on any atom is -0.497 e. The second-order valence-electron chi connectivity index (χ2n) is 5.26. The molecule has 0 bridgehead atoms. The molecule has 124 valence electrons. The van der Waals surface area contributed by atoms with E-state index in [2.05, 4.69) is 15.6 Å². The second-order valence-corrected chi connectivity index (χ2v) is 5.26. The van der Waals surface area contributed by atoms with Crippen LogP contribution in [0.15, 0.2) is 35.0 Å². The maximum atomic E-state index is 11.5. The number of nitrogens with zero attached hydrogens (tertiary/aromatic N) is 4. The fourth-order valence-corrected chi connectivity index (χ4v) is 2.36. The van der Waals surface area contributed by atoms with Gasteiger partial charge in [-0.2, -0.15) is 0 Å². The number of methoxy groups -OCH3 is 1. The van der Waals surface area contributed by atoms with Crippen LogP contribution in [0, 0.1) is 10.1 Å². The molecular formula is C15H15N5O4. The smallest absolute Gasteiger partial charge is 0.324 e. The van der Waals surface area contributed by atoms with Crippen molar-refractivity contribution in [2.45, 2.75) is 0 Å². The molecule has 24 heavy (non-hydrogen) atoms. The molecule has 0 radical (unpaired) electrons. The fourth-order valence-electron chi connectivity index (χ4n) is 2.36. The molecule has 0 aliphatic heterocycles. The van der Waals surface area contributed by atoms with Gasteiger partial charge in [0.25, 0.3) is 0 Å². The normalized spacial score (nSPS) is 10.6. The third-order valence-electron chi connectivity index (χ3n) is 3.53. The SMILES string of the molecule is COc1ccc(Nc2cc(N(C)C)c3nonc3c2[N+](=O)[O-])cc1. The summed E-state index contributed by atoms with van der Waals surface area (Å²) in [4.78, 5) is 12.8. The van der Waals surface area contributed by atoms with Gasteiger partial charge in [-0.3, -0.25) is 10.1 Å². The predicted octanol–water partition coefficient (Wildman–Crippen LogP) is 2.95. The Hall–Kier alpha value is -3.36. The average molecular weight is 329 g/mol. The predicted molar refractivity (Wildman–Crippen MR) is 89.1 cm³/mol. The highest BCUT2D eigenvalue weighted by Crippen LogP contribution is 2.39. The van der Waals surface area contributed by atoms with Crippen molar-refractivity contribution in [3.63, 3.8) is 0 Å². The number of hydrogen-bond donors (Lipinski definition) is 1. The van der Waals surface area contributed by atoms with Gasteiger partial charge in [-0.25, -0.2) is 4.63 Å². The van der Waals surface area contributed by atoms with Crippen molar-refractivity contribution in [2.75, 3.05) is 31.4 Å². The monoisotopic (exact) mass is 329 g/mol. The highest BCUT2D eigenvalue weighted by atomic mass is 16.6. The van der Waals surface area contributed by atoms with Gasteiger partial charge in [-0.1, -0.05) is 0 Å². The number of aromatic nitrogens is 2. The highest BCUT2D eigenvalue weighted by molar-refractivity contribution is 6.00. The summed E-state index contributed by atoms with van der Waals surface area (Å²) in [5.74, 6) is 0.695. The Morgan fingerprint density at radius 3 is 2.46 bits per heavy atom. The number of nitro benzene ring substituents is 1. The van der Waals surface area contributed by atoms with Crippen molar-refractivity contribution in [1.82, 2.24) is 10.3 Å². The lowest BCUT2D eigenvalue weighted by Crippen LogP contribution is -2.10. The lowest BCUT2D eigenvalue weighted by molar-refractivity contribution is -0.382. The average Bonchev–Trinajstić information content (AvgIpc) is 3.03. The zero-order valence-electron chi connectivity index (χ0n) is 13.3. The Morgan fingerprint density at radius 2 is 1.88 bits per heavy atom. The van der Waals surface area contributed by atoms with Crippen LogP contribution in [0.5, 0.6) is 5.75 Å². The van der Waals surface area contributed by atoms with Crippen LogP contribution in [0.4, 0.5) is 22.7 Å².